The maximum Gasteiger partial charge on any atom is 0.256 e. The predicted octanol–water partition coefficient (Wildman–Crippen LogP) is 3.33. The smallest absolute Gasteiger partial charge is 0.256 e. The molecule has 0 bridgehead atoms. The number of halogens is 2. The Kier molecular flexibility index (Phi) is 4.25. The lowest BCUT2D eigenvalue weighted by molar-refractivity contribution is 0.0785. The molecule has 0 aliphatic rings. The van der Waals surface area contributed by atoms with Crippen molar-refractivity contribution in [3.63, 3.8) is 0 Å². The highest BCUT2D eigenvalue weighted by molar-refractivity contribution is 6.30. The van der Waals surface area contributed by atoms with E-state index < -0.39 is 5.82 Å². The standard InChI is InChI=1S/C15H14ClFN2O/c1-19(9-10-3-2-4-11(16)7-10)15(20)13-8-12(17)5-6-14(13)18/h2-8H,9,18H2,1H3. The second kappa shape index (κ2) is 5.92. The van der Waals surface area contributed by atoms with Gasteiger partial charge in [0.25, 0.3) is 5.91 Å². The van der Waals surface area contributed by atoms with Gasteiger partial charge >= 0.3 is 0 Å². The van der Waals surface area contributed by atoms with Crippen LogP contribution in [0.5, 0.6) is 0 Å². The molecule has 104 valence electrons. The van der Waals surface area contributed by atoms with Crippen molar-refractivity contribution in [1.29, 1.82) is 0 Å². The van der Waals surface area contributed by atoms with E-state index in [1.54, 1.807) is 19.2 Å². The van der Waals surface area contributed by atoms with Gasteiger partial charge in [-0.3, -0.25) is 4.79 Å². The van der Waals surface area contributed by atoms with E-state index >= 15 is 0 Å². The largest absolute Gasteiger partial charge is 0.398 e. The predicted molar refractivity (Wildman–Crippen MR) is 78.1 cm³/mol. The Morgan fingerprint density at radius 2 is 2.05 bits per heavy atom. The van der Waals surface area contributed by atoms with Crippen LogP contribution >= 0.6 is 11.6 Å². The SMILES string of the molecule is CN(Cc1cccc(Cl)c1)C(=O)c1cc(F)ccc1N. The normalized spacial score (nSPS) is 10.3. The molecule has 3 nitrogen and oxygen atoms in total. The van der Waals surface area contributed by atoms with Crippen LogP contribution in [-0.2, 0) is 6.54 Å². The summed E-state index contributed by atoms with van der Waals surface area (Å²) >= 11 is 5.90. The lowest BCUT2D eigenvalue weighted by atomic mass is 10.1. The lowest BCUT2D eigenvalue weighted by Crippen LogP contribution is -2.27. The quantitative estimate of drug-likeness (QED) is 0.882. The van der Waals surface area contributed by atoms with E-state index in [2.05, 4.69) is 0 Å². The Morgan fingerprint density at radius 1 is 1.30 bits per heavy atom. The molecule has 20 heavy (non-hydrogen) atoms. The molecule has 0 aliphatic carbocycles. The van der Waals surface area contributed by atoms with Gasteiger partial charge in [-0.25, -0.2) is 4.39 Å². The van der Waals surface area contributed by atoms with Crippen LogP contribution in [0, 0.1) is 5.82 Å². The first-order chi connectivity index (χ1) is 9.47. The van der Waals surface area contributed by atoms with Crippen molar-refractivity contribution in [3.05, 3.63) is 64.4 Å². The van der Waals surface area contributed by atoms with Gasteiger partial charge in [-0.05, 0) is 35.9 Å². The highest BCUT2D eigenvalue weighted by Gasteiger charge is 2.15. The molecular weight excluding hydrogens is 279 g/mol. The maximum absolute atomic E-state index is 13.2. The average molecular weight is 293 g/mol. The van der Waals surface area contributed by atoms with Crippen molar-refractivity contribution in [2.75, 3.05) is 12.8 Å². The van der Waals surface area contributed by atoms with Crippen molar-refractivity contribution in [3.8, 4) is 0 Å². The summed E-state index contributed by atoms with van der Waals surface area (Å²) in [4.78, 5) is 13.7. The number of anilines is 1. The zero-order valence-corrected chi connectivity index (χ0v) is 11.7. The number of hydrogen-bond acceptors (Lipinski definition) is 2. The van der Waals surface area contributed by atoms with E-state index in [1.807, 2.05) is 12.1 Å². The van der Waals surface area contributed by atoms with Crippen LogP contribution in [-0.4, -0.2) is 17.9 Å². The van der Waals surface area contributed by atoms with Gasteiger partial charge < -0.3 is 10.6 Å². The molecule has 0 atom stereocenters. The number of carbonyl (C=O) groups excluding carboxylic acids is 1. The summed E-state index contributed by atoms with van der Waals surface area (Å²) in [7, 11) is 1.63. The Hall–Kier alpha value is -2.07. The fourth-order valence-corrected chi connectivity index (χ4v) is 2.11. The molecule has 2 N–H and O–H groups in total. The minimum atomic E-state index is -0.487. The number of benzene rings is 2. The molecule has 0 aliphatic heterocycles. The van der Waals surface area contributed by atoms with Crippen LogP contribution in [0.4, 0.5) is 10.1 Å². The van der Waals surface area contributed by atoms with E-state index in [9.17, 15) is 9.18 Å². The van der Waals surface area contributed by atoms with Crippen LogP contribution in [0.1, 0.15) is 15.9 Å². The summed E-state index contributed by atoms with van der Waals surface area (Å²) < 4.78 is 13.2. The van der Waals surface area contributed by atoms with Crippen LogP contribution in [0.15, 0.2) is 42.5 Å². The van der Waals surface area contributed by atoms with Gasteiger partial charge in [0, 0.05) is 24.3 Å². The average Bonchev–Trinajstić information content (AvgIpc) is 2.40. The molecule has 0 aromatic heterocycles. The van der Waals surface area contributed by atoms with E-state index in [-0.39, 0.29) is 17.2 Å². The van der Waals surface area contributed by atoms with Gasteiger partial charge in [0.05, 0.1) is 5.56 Å². The van der Waals surface area contributed by atoms with Gasteiger partial charge in [-0.2, -0.15) is 0 Å². The molecule has 0 saturated carbocycles. The summed E-state index contributed by atoms with van der Waals surface area (Å²) in [6.45, 7) is 0.370. The Labute approximate surface area is 121 Å². The molecule has 2 aromatic carbocycles. The monoisotopic (exact) mass is 292 g/mol. The number of rotatable bonds is 3. The van der Waals surface area contributed by atoms with E-state index in [0.717, 1.165) is 11.6 Å². The number of nitrogens with two attached hydrogens (primary N) is 1. The molecule has 0 spiro atoms. The first-order valence-electron chi connectivity index (χ1n) is 6.02. The van der Waals surface area contributed by atoms with E-state index in [0.29, 0.717) is 11.6 Å². The number of hydrogen-bond donors (Lipinski definition) is 1. The summed E-state index contributed by atoms with van der Waals surface area (Å²) in [5.41, 5.74) is 7.02. The first-order valence-corrected chi connectivity index (χ1v) is 6.40. The number of nitrogens with zero attached hydrogens (tertiary/aromatic N) is 1. The second-order valence-corrected chi connectivity index (χ2v) is 4.96. The fourth-order valence-electron chi connectivity index (χ4n) is 1.90. The van der Waals surface area contributed by atoms with Crippen molar-refractivity contribution < 1.29 is 9.18 Å². The maximum atomic E-state index is 13.2. The van der Waals surface area contributed by atoms with E-state index in [1.165, 1.54) is 17.0 Å². The van der Waals surface area contributed by atoms with Crippen LogP contribution in [0.25, 0.3) is 0 Å². The topological polar surface area (TPSA) is 46.3 Å². The summed E-state index contributed by atoms with van der Waals surface area (Å²) in [6.07, 6.45) is 0. The van der Waals surface area contributed by atoms with Crippen LogP contribution in [0.2, 0.25) is 5.02 Å². The minimum Gasteiger partial charge on any atom is -0.398 e. The zero-order chi connectivity index (χ0) is 14.7. The molecule has 2 aromatic rings. The molecule has 2 rings (SSSR count). The molecule has 0 saturated heterocycles. The van der Waals surface area contributed by atoms with Crippen LogP contribution < -0.4 is 5.73 Å². The minimum absolute atomic E-state index is 0.162. The molecular formula is C15H14ClFN2O. The van der Waals surface area contributed by atoms with Crippen molar-refractivity contribution in [2.45, 2.75) is 6.54 Å². The Balaban J connectivity index is 2.18. The zero-order valence-electron chi connectivity index (χ0n) is 10.9. The van der Waals surface area contributed by atoms with Gasteiger partial charge in [0.2, 0.25) is 0 Å². The fraction of sp³-hybridized carbons (Fsp3) is 0.133. The number of nitrogen functional groups attached to an aromatic ring is 1. The Morgan fingerprint density at radius 3 is 2.75 bits per heavy atom. The highest BCUT2D eigenvalue weighted by atomic mass is 35.5. The third kappa shape index (κ3) is 3.27. The number of amides is 1. The second-order valence-electron chi connectivity index (χ2n) is 4.52. The van der Waals surface area contributed by atoms with Crippen LogP contribution in [0.3, 0.4) is 0 Å². The van der Waals surface area contributed by atoms with Crippen molar-refractivity contribution in [1.82, 2.24) is 4.90 Å². The number of carbonyl (C=O) groups is 1. The Bertz CT molecular complexity index is 646. The highest BCUT2D eigenvalue weighted by Crippen LogP contribution is 2.17. The van der Waals surface area contributed by atoms with Gasteiger partial charge in [-0.1, -0.05) is 23.7 Å². The summed E-state index contributed by atoms with van der Waals surface area (Å²) in [5, 5.41) is 0.605. The van der Waals surface area contributed by atoms with Crippen molar-refractivity contribution >= 4 is 23.2 Å². The third-order valence-corrected chi connectivity index (χ3v) is 3.14. The lowest BCUT2D eigenvalue weighted by Gasteiger charge is -2.18. The van der Waals surface area contributed by atoms with Gasteiger partial charge in [0.15, 0.2) is 0 Å². The van der Waals surface area contributed by atoms with Crippen molar-refractivity contribution in [2.24, 2.45) is 0 Å². The third-order valence-electron chi connectivity index (χ3n) is 2.90. The van der Waals surface area contributed by atoms with Gasteiger partial charge in [0.1, 0.15) is 5.82 Å². The van der Waals surface area contributed by atoms with Gasteiger partial charge in [-0.15, -0.1) is 0 Å². The van der Waals surface area contributed by atoms with E-state index in [4.69, 9.17) is 17.3 Å². The molecule has 0 fully saturated rings. The summed E-state index contributed by atoms with van der Waals surface area (Å²) in [6, 6.07) is 11.0. The summed E-state index contributed by atoms with van der Waals surface area (Å²) in [5.74, 6) is -0.819. The molecule has 0 radical (unpaired) electrons. The molecule has 1 amide bonds. The molecule has 0 heterocycles. The molecule has 5 heteroatoms. The first kappa shape index (κ1) is 14.3. The molecule has 0 unspecified atom stereocenters.